The minimum atomic E-state index is 0.399. The average molecular weight is 343 g/mol. The number of hydrogen-bond donors (Lipinski definition) is 0. The Labute approximate surface area is 136 Å². The van der Waals surface area contributed by atoms with Crippen LogP contribution in [0, 0.1) is 11.3 Å². The smallest absolute Gasteiger partial charge is 0.0998 e. The molecule has 1 nitrogen and oxygen atoms in total. The van der Waals surface area contributed by atoms with E-state index in [-0.39, 0.29) is 0 Å². The minimum Gasteiger partial charge on any atom is -0.192 e. The van der Waals surface area contributed by atoms with Crippen LogP contribution >= 0.6 is 46.4 Å². The molecule has 100 valence electrons. The van der Waals surface area contributed by atoms with Gasteiger partial charge in [0.25, 0.3) is 0 Å². The fourth-order valence-electron chi connectivity index (χ4n) is 1.65. The lowest BCUT2D eigenvalue weighted by atomic mass is 10.0. The highest BCUT2D eigenvalue weighted by atomic mass is 35.5. The van der Waals surface area contributed by atoms with Crippen LogP contribution in [0.25, 0.3) is 11.6 Å². The van der Waals surface area contributed by atoms with Gasteiger partial charge in [0, 0.05) is 20.6 Å². The Morgan fingerprint density at radius 3 is 2.05 bits per heavy atom. The number of nitrogens with zero attached hydrogens (tertiary/aromatic N) is 1. The van der Waals surface area contributed by atoms with E-state index in [4.69, 9.17) is 46.4 Å². The third-order valence-electron chi connectivity index (χ3n) is 2.60. The van der Waals surface area contributed by atoms with E-state index in [1.807, 2.05) is 0 Å². The zero-order valence-electron chi connectivity index (χ0n) is 10.0. The van der Waals surface area contributed by atoms with Crippen molar-refractivity contribution in [3.8, 4) is 6.07 Å². The lowest BCUT2D eigenvalue weighted by Gasteiger charge is -2.05. The summed E-state index contributed by atoms with van der Waals surface area (Å²) in [6, 6.07) is 12.1. The number of halogens is 4. The Morgan fingerprint density at radius 2 is 1.50 bits per heavy atom. The topological polar surface area (TPSA) is 23.8 Å². The van der Waals surface area contributed by atoms with E-state index in [0.29, 0.717) is 36.8 Å². The molecule has 2 rings (SSSR count). The Balaban J connectivity index is 2.52. The SMILES string of the molecule is N#C/C(=C\c1ccc(Cl)cc1Cl)c1ccc(Cl)cc1Cl. The maximum atomic E-state index is 9.30. The quantitative estimate of drug-likeness (QED) is 0.459. The summed E-state index contributed by atoms with van der Waals surface area (Å²) in [6.45, 7) is 0. The van der Waals surface area contributed by atoms with Crippen molar-refractivity contribution in [3.05, 3.63) is 67.6 Å². The van der Waals surface area contributed by atoms with Gasteiger partial charge in [-0.15, -0.1) is 0 Å². The normalized spacial score (nSPS) is 11.2. The van der Waals surface area contributed by atoms with Gasteiger partial charge in [-0.2, -0.15) is 5.26 Å². The first-order valence-electron chi connectivity index (χ1n) is 5.53. The van der Waals surface area contributed by atoms with Crippen molar-refractivity contribution in [2.75, 3.05) is 0 Å². The van der Waals surface area contributed by atoms with E-state index in [1.54, 1.807) is 42.5 Å². The van der Waals surface area contributed by atoms with Crippen LogP contribution in [0.4, 0.5) is 0 Å². The van der Waals surface area contributed by atoms with Crippen molar-refractivity contribution in [1.82, 2.24) is 0 Å². The predicted molar refractivity (Wildman–Crippen MR) is 86.4 cm³/mol. The summed E-state index contributed by atoms with van der Waals surface area (Å²) in [7, 11) is 0. The Hall–Kier alpha value is -1.17. The second kappa shape index (κ2) is 6.52. The molecular weight excluding hydrogens is 336 g/mol. The highest BCUT2D eigenvalue weighted by molar-refractivity contribution is 6.37. The van der Waals surface area contributed by atoms with Gasteiger partial charge < -0.3 is 0 Å². The second-order valence-electron chi connectivity index (χ2n) is 3.96. The van der Waals surface area contributed by atoms with E-state index in [2.05, 4.69) is 6.07 Å². The Kier molecular flexibility index (Phi) is 4.96. The van der Waals surface area contributed by atoms with Crippen LogP contribution in [0.15, 0.2) is 36.4 Å². The third kappa shape index (κ3) is 3.48. The monoisotopic (exact) mass is 341 g/mol. The molecule has 0 saturated carbocycles. The van der Waals surface area contributed by atoms with Crippen molar-refractivity contribution in [2.24, 2.45) is 0 Å². The predicted octanol–water partition coefficient (Wildman–Crippen LogP) is 6.36. The van der Waals surface area contributed by atoms with Crippen LogP contribution in [0.1, 0.15) is 11.1 Å². The van der Waals surface area contributed by atoms with Crippen LogP contribution in [0.3, 0.4) is 0 Å². The molecule has 2 aromatic carbocycles. The standard InChI is InChI=1S/C15H7Cl4N/c16-11-2-1-9(14(18)6-11)5-10(8-20)13-4-3-12(17)7-15(13)19/h1-7H/b10-5+. The number of rotatable bonds is 2. The molecule has 0 amide bonds. The highest BCUT2D eigenvalue weighted by Crippen LogP contribution is 2.30. The molecule has 0 radical (unpaired) electrons. The molecule has 20 heavy (non-hydrogen) atoms. The van der Waals surface area contributed by atoms with Crippen molar-refractivity contribution in [2.45, 2.75) is 0 Å². The summed E-state index contributed by atoms with van der Waals surface area (Å²) in [5.41, 5.74) is 1.69. The third-order valence-corrected chi connectivity index (χ3v) is 3.71. The van der Waals surface area contributed by atoms with Crippen molar-refractivity contribution in [1.29, 1.82) is 5.26 Å². The van der Waals surface area contributed by atoms with Gasteiger partial charge in [0.05, 0.1) is 16.7 Å². The van der Waals surface area contributed by atoms with Crippen LogP contribution < -0.4 is 0 Å². The van der Waals surface area contributed by atoms with Gasteiger partial charge in [0.2, 0.25) is 0 Å². The first kappa shape index (κ1) is 15.2. The molecule has 0 aliphatic rings. The largest absolute Gasteiger partial charge is 0.192 e. The van der Waals surface area contributed by atoms with E-state index in [9.17, 15) is 5.26 Å². The van der Waals surface area contributed by atoms with Gasteiger partial charge in [-0.3, -0.25) is 0 Å². The Morgan fingerprint density at radius 1 is 0.900 bits per heavy atom. The van der Waals surface area contributed by atoms with Crippen LogP contribution in [0.2, 0.25) is 20.1 Å². The van der Waals surface area contributed by atoms with Gasteiger partial charge in [0.1, 0.15) is 0 Å². The number of allylic oxidation sites excluding steroid dienone is 1. The minimum absolute atomic E-state index is 0.399. The summed E-state index contributed by atoms with van der Waals surface area (Å²) in [4.78, 5) is 0. The van der Waals surface area contributed by atoms with Crippen molar-refractivity contribution in [3.63, 3.8) is 0 Å². The highest BCUT2D eigenvalue weighted by Gasteiger charge is 2.08. The van der Waals surface area contributed by atoms with Crippen LogP contribution in [-0.4, -0.2) is 0 Å². The maximum Gasteiger partial charge on any atom is 0.0998 e. The van der Waals surface area contributed by atoms with Gasteiger partial charge >= 0.3 is 0 Å². The molecule has 0 spiro atoms. The molecule has 0 bridgehead atoms. The van der Waals surface area contributed by atoms with Gasteiger partial charge in [-0.25, -0.2) is 0 Å². The number of benzene rings is 2. The summed E-state index contributed by atoms with van der Waals surface area (Å²) in [6.07, 6.45) is 1.66. The lowest BCUT2D eigenvalue weighted by Crippen LogP contribution is -1.85. The second-order valence-corrected chi connectivity index (χ2v) is 5.65. The van der Waals surface area contributed by atoms with E-state index < -0.39 is 0 Å². The molecule has 5 heteroatoms. The molecule has 0 aliphatic carbocycles. The molecule has 2 aromatic rings. The summed E-state index contributed by atoms with van der Waals surface area (Å²) >= 11 is 23.9. The maximum absolute atomic E-state index is 9.30. The van der Waals surface area contributed by atoms with Gasteiger partial charge in [0.15, 0.2) is 0 Å². The molecule has 0 atom stereocenters. The van der Waals surface area contributed by atoms with Crippen molar-refractivity contribution < 1.29 is 0 Å². The van der Waals surface area contributed by atoms with E-state index >= 15 is 0 Å². The van der Waals surface area contributed by atoms with E-state index in [1.165, 1.54) is 0 Å². The summed E-state index contributed by atoms with van der Waals surface area (Å²) in [5, 5.41) is 11.2. The Bertz CT molecular complexity index is 729. The summed E-state index contributed by atoms with van der Waals surface area (Å²) < 4.78 is 0. The summed E-state index contributed by atoms with van der Waals surface area (Å²) in [5.74, 6) is 0. The van der Waals surface area contributed by atoms with Crippen LogP contribution in [-0.2, 0) is 0 Å². The lowest BCUT2D eigenvalue weighted by molar-refractivity contribution is 1.52. The fraction of sp³-hybridized carbons (Fsp3) is 0. The zero-order chi connectivity index (χ0) is 14.7. The molecule has 0 N–H and O–H groups in total. The van der Waals surface area contributed by atoms with Crippen molar-refractivity contribution >= 4 is 58.1 Å². The molecule has 0 unspecified atom stereocenters. The van der Waals surface area contributed by atoms with Gasteiger partial charge in [-0.05, 0) is 35.9 Å². The first-order chi connectivity index (χ1) is 9.51. The fourth-order valence-corrected chi connectivity index (χ4v) is 2.63. The number of nitriles is 1. The van der Waals surface area contributed by atoms with E-state index in [0.717, 1.165) is 0 Å². The number of hydrogen-bond acceptors (Lipinski definition) is 1. The van der Waals surface area contributed by atoms with Gasteiger partial charge in [-0.1, -0.05) is 58.5 Å². The average Bonchev–Trinajstić information content (AvgIpc) is 2.39. The molecule has 0 heterocycles. The zero-order valence-corrected chi connectivity index (χ0v) is 13.0. The first-order valence-corrected chi connectivity index (χ1v) is 7.04. The molecular formula is C15H7Cl4N. The molecule has 0 aliphatic heterocycles. The molecule has 0 saturated heterocycles. The molecule has 0 fully saturated rings. The molecule has 0 aromatic heterocycles. The van der Waals surface area contributed by atoms with Crippen LogP contribution in [0.5, 0.6) is 0 Å².